The Bertz CT molecular complexity index is 914. The van der Waals surface area contributed by atoms with Crippen molar-refractivity contribution in [1.29, 1.82) is 0 Å². The zero-order valence-corrected chi connectivity index (χ0v) is 17.1. The van der Waals surface area contributed by atoms with Crippen LogP contribution < -0.4 is 0 Å². The van der Waals surface area contributed by atoms with Gasteiger partial charge in [-0.1, -0.05) is 39.0 Å². The molecule has 1 unspecified atom stereocenters. The average Bonchev–Trinajstić information content (AvgIpc) is 3.39. The summed E-state index contributed by atoms with van der Waals surface area (Å²) in [6.07, 6.45) is 4.80. The van der Waals surface area contributed by atoms with E-state index in [2.05, 4.69) is 40.7 Å². The molecular formula is C25H30O2. The third-order valence-corrected chi connectivity index (χ3v) is 7.13. The third kappa shape index (κ3) is 2.72. The smallest absolute Gasteiger partial charge is 0.335 e. The molecule has 4 rings (SSSR count). The minimum absolute atomic E-state index is 0.0665. The molecule has 2 aliphatic rings. The number of fused-ring (bicyclic) bond motifs is 1. The molecule has 1 atom stereocenters. The highest BCUT2D eigenvalue weighted by molar-refractivity contribution is 5.87. The molecule has 1 N–H and O–H groups in total. The summed E-state index contributed by atoms with van der Waals surface area (Å²) >= 11 is 0. The van der Waals surface area contributed by atoms with Crippen molar-refractivity contribution in [2.45, 2.75) is 77.0 Å². The first-order chi connectivity index (χ1) is 12.7. The van der Waals surface area contributed by atoms with Gasteiger partial charge in [0.05, 0.1) is 5.56 Å². The molecule has 2 heteroatoms. The Balaban J connectivity index is 1.88. The fourth-order valence-electron chi connectivity index (χ4n) is 5.64. The van der Waals surface area contributed by atoms with Crippen LogP contribution in [-0.4, -0.2) is 11.1 Å². The molecule has 27 heavy (non-hydrogen) atoms. The highest BCUT2D eigenvalue weighted by Crippen LogP contribution is 2.57. The monoisotopic (exact) mass is 362 g/mol. The Morgan fingerprint density at radius 1 is 1.04 bits per heavy atom. The van der Waals surface area contributed by atoms with Gasteiger partial charge in [0.2, 0.25) is 0 Å². The number of rotatable bonds is 3. The molecule has 0 amide bonds. The Hall–Kier alpha value is -2.09. The standard InChI is InChI=1S/C25H30O2/c1-15-10-11-24(4,5)22-17(3)21(16(2)14-20(15)22)25(12-13-25)19-8-6-18(7-9-19)23(26)27/h6-9,14-15H,10-13H2,1-5H3,(H,26,27). The van der Waals surface area contributed by atoms with Crippen LogP contribution in [0.5, 0.6) is 0 Å². The van der Waals surface area contributed by atoms with Crippen LogP contribution >= 0.6 is 0 Å². The molecule has 0 heterocycles. The highest BCUT2D eigenvalue weighted by Gasteiger charge is 2.49. The minimum atomic E-state index is -0.858. The Labute approximate surface area is 162 Å². The third-order valence-electron chi connectivity index (χ3n) is 7.13. The summed E-state index contributed by atoms with van der Waals surface area (Å²) in [7, 11) is 0. The zero-order chi connectivity index (χ0) is 19.6. The van der Waals surface area contributed by atoms with E-state index in [0.717, 1.165) is 12.8 Å². The molecular weight excluding hydrogens is 332 g/mol. The number of hydrogen-bond donors (Lipinski definition) is 1. The molecule has 142 valence electrons. The molecule has 1 fully saturated rings. The second-order valence-corrected chi connectivity index (χ2v) is 9.45. The lowest BCUT2D eigenvalue weighted by Gasteiger charge is -2.39. The Morgan fingerprint density at radius 2 is 1.67 bits per heavy atom. The summed E-state index contributed by atoms with van der Waals surface area (Å²) in [5.41, 5.74) is 9.39. The topological polar surface area (TPSA) is 37.3 Å². The lowest BCUT2D eigenvalue weighted by Crippen LogP contribution is -2.29. The van der Waals surface area contributed by atoms with Gasteiger partial charge < -0.3 is 5.11 Å². The maximum Gasteiger partial charge on any atom is 0.335 e. The summed E-state index contributed by atoms with van der Waals surface area (Å²) in [6.45, 7) is 11.7. The number of benzene rings is 2. The van der Waals surface area contributed by atoms with Crippen LogP contribution in [0.4, 0.5) is 0 Å². The van der Waals surface area contributed by atoms with Gasteiger partial charge in [-0.05, 0) is 96.4 Å². The first-order valence-corrected chi connectivity index (χ1v) is 10.2. The summed E-state index contributed by atoms with van der Waals surface area (Å²) in [4.78, 5) is 11.2. The number of carboxylic acid groups (broad SMARTS) is 1. The Morgan fingerprint density at radius 3 is 2.22 bits per heavy atom. The first kappa shape index (κ1) is 18.3. The molecule has 0 radical (unpaired) electrons. The molecule has 2 aliphatic carbocycles. The normalized spacial score (nSPS) is 22.2. The quantitative estimate of drug-likeness (QED) is 0.700. The summed E-state index contributed by atoms with van der Waals surface area (Å²) in [6, 6.07) is 10.0. The Kier molecular flexibility index (Phi) is 4.03. The highest BCUT2D eigenvalue weighted by atomic mass is 16.4. The van der Waals surface area contributed by atoms with Crippen molar-refractivity contribution in [2.75, 3.05) is 0 Å². The molecule has 1 saturated carbocycles. The maximum absolute atomic E-state index is 11.2. The lowest BCUT2D eigenvalue weighted by atomic mass is 9.65. The van der Waals surface area contributed by atoms with Crippen molar-refractivity contribution in [3.63, 3.8) is 0 Å². The molecule has 0 spiro atoms. The molecule has 0 bridgehead atoms. The van der Waals surface area contributed by atoms with Crippen LogP contribution in [0.1, 0.15) is 96.1 Å². The second kappa shape index (κ2) is 5.95. The van der Waals surface area contributed by atoms with Gasteiger partial charge in [-0.15, -0.1) is 0 Å². The van der Waals surface area contributed by atoms with Gasteiger partial charge in [0, 0.05) is 5.41 Å². The van der Waals surface area contributed by atoms with Gasteiger partial charge >= 0.3 is 5.97 Å². The number of carbonyl (C=O) groups is 1. The molecule has 2 nitrogen and oxygen atoms in total. The van der Waals surface area contributed by atoms with Gasteiger partial charge in [0.15, 0.2) is 0 Å². The molecule has 2 aromatic carbocycles. The van der Waals surface area contributed by atoms with Gasteiger partial charge in [-0.2, -0.15) is 0 Å². The van der Waals surface area contributed by atoms with E-state index in [-0.39, 0.29) is 10.8 Å². The molecule has 0 saturated heterocycles. The van der Waals surface area contributed by atoms with Crippen LogP contribution in [0.15, 0.2) is 30.3 Å². The number of carboxylic acids is 1. The van der Waals surface area contributed by atoms with Gasteiger partial charge in [-0.25, -0.2) is 4.79 Å². The lowest BCUT2D eigenvalue weighted by molar-refractivity contribution is 0.0697. The van der Waals surface area contributed by atoms with Crippen LogP contribution in [0.25, 0.3) is 0 Å². The molecule has 2 aromatic rings. The van der Waals surface area contributed by atoms with E-state index >= 15 is 0 Å². The summed E-state index contributed by atoms with van der Waals surface area (Å²) in [5, 5.41) is 9.21. The van der Waals surface area contributed by atoms with Crippen molar-refractivity contribution in [3.05, 3.63) is 69.3 Å². The van der Waals surface area contributed by atoms with E-state index in [1.165, 1.54) is 35.1 Å². The first-order valence-electron chi connectivity index (χ1n) is 10.2. The van der Waals surface area contributed by atoms with Crippen LogP contribution in [-0.2, 0) is 10.8 Å². The van der Waals surface area contributed by atoms with E-state index in [1.807, 2.05) is 12.1 Å². The average molecular weight is 363 g/mol. The van der Waals surface area contributed by atoms with Crippen LogP contribution in [0.3, 0.4) is 0 Å². The molecule has 0 aliphatic heterocycles. The maximum atomic E-state index is 11.2. The summed E-state index contributed by atoms with van der Waals surface area (Å²) in [5.74, 6) is -0.229. The van der Waals surface area contributed by atoms with Crippen LogP contribution in [0.2, 0.25) is 0 Å². The number of aromatic carboxylic acids is 1. The minimum Gasteiger partial charge on any atom is -0.478 e. The predicted molar refractivity (Wildman–Crippen MR) is 110 cm³/mol. The van der Waals surface area contributed by atoms with Gasteiger partial charge in [0.25, 0.3) is 0 Å². The van der Waals surface area contributed by atoms with Gasteiger partial charge in [-0.3, -0.25) is 0 Å². The predicted octanol–water partition coefficient (Wildman–Crippen LogP) is 6.26. The van der Waals surface area contributed by atoms with E-state index in [9.17, 15) is 9.90 Å². The number of aryl methyl sites for hydroxylation is 1. The second-order valence-electron chi connectivity index (χ2n) is 9.45. The van der Waals surface area contributed by atoms with Crippen LogP contribution in [0, 0.1) is 13.8 Å². The van der Waals surface area contributed by atoms with E-state index in [0.29, 0.717) is 11.5 Å². The van der Waals surface area contributed by atoms with E-state index in [1.54, 1.807) is 23.3 Å². The van der Waals surface area contributed by atoms with Gasteiger partial charge in [0.1, 0.15) is 0 Å². The largest absolute Gasteiger partial charge is 0.478 e. The number of hydrogen-bond acceptors (Lipinski definition) is 1. The van der Waals surface area contributed by atoms with Crippen molar-refractivity contribution in [3.8, 4) is 0 Å². The van der Waals surface area contributed by atoms with Crippen molar-refractivity contribution < 1.29 is 9.90 Å². The van der Waals surface area contributed by atoms with E-state index < -0.39 is 5.97 Å². The SMILES string of the molecule is Cc1cc2c(c(C)c1C1(c3ccc(C(=O)O)cc3)CC1)C(C)(C)CCC2C. The fraction of sp³-hybridized carbons (Fsp3) is 0.480. The zero-order valence-electron chi connectivity index (χ0n) is 17.1. The summed E-state index contributed by atoms with van der Waals surface area (Å²) < 4.78 is 0. The van der Waals surface area contributed by atoms with Crippen molar-refractivity contribution in [2.24, 2.45) is 0 Å². The van der Waals surface area contributed by atoms with Crippen molar-refractivity contribution in [1.82, 2.24) is 0 Å². The van der Waals surface area contributed by atoms with E-state index in [4.69, 9.17) is 0 Å². The fourth-order valence-corrected chi connectivity index (χ4v) is 5.64. The van der Waals surface area contributed by atoms with Crippen molar-refractivity contribution >= 4 is 5.97 Å². The molecule has 0 aromatic heterocycles.